The lowest BCUT2D eigenvalue weighted by Crippen LogP contribution is -2.26. The van der Waals surface area contributed by atoms with Crippen molar-refractivity contribution in [2.24, 2.45) is 0 Å². The maximum atomic E-state index is 7.15. The molecule has 0 saturated heterocycles. The summed E-state index contributed by atoms with van der Waals surface area (Å²) in [5.41, 5.74) is 19.4. The summed E-state index contributed by atoms with van der Waals surface area (Å²) in [7, 11) is 0. The summed E-state index contributed by atoms with van der Waals surface area (Å²) in [6, 6.07) is 84.6. The lowest BCUT2D eigenvalue weighted by Gasteiger charge is -2.33. The predicted octanol–water partition coefficient (Wildman–Crippen LogP) is 16.4. The van der Waals surface area contributed by atoms with E-state index in [4.69, 9.17) is 9.47 Å². The average Bonchev–Trinajstić information content (AvgIpc) is 3.84. The summed E-state index contributed by atoms with van der Waals surface area (Å²) >= 11 is 0. The van der Waals surface area contributed by atoms with Crippen LogP contribution < -0.4 is 14.4 Å². The number of anilines is 3. The highest BCUT2D eigenvalue weighted by Crippen LogP contribution is 2.67. The number of ether oxygens (including phenoxy) is 2. The molecular formula is C61H39NO2. The minimum Gasteiger partial charge on any atom is -0.449 e. The molecule has 0 amide bonds. The zero-order valence-electron chi connectivity index (χ0n) is 34.8. The van der Waals surface area contributed by atoms with Gasteiger partial charge in [-0.05, 0) is 115 Å². The van der Waals surface area contributed by atoms with Crippen LogP contribution in [0.3, 0.4) is 0 Å². The molecule has 3 nitrogen and oxygen atoms in total. The Hall–Kier alpha value is -8.40. The van der Waals surface area contributed by atoms with E-state index in [1.165, 1.54) is 61.2 Å². The van der Waals surface area contributed by atoms with Gasteiger partial charge in [-0.25, -0.2) is 0 Å². The van der Waals surface area contributed by atoms with Crippen LogP contribution in [0.4, 0.5) is 17.1 Å². The largest absolute Gasteiger partial charge is 0.449 e. The lowest BCUT2D eigenvalue weighted by atomic mass is 9.70. The van der Waals surface area contributed by atoms with E-state index >= 15 is 0 Å². The number of hydrogen-bond donors (Lipinski definition) is 0. The minimum absolute atomic E-state index is 0.554. The fourth-order valence-electron chi connectivity index (χ4n) is 10.6. The third-order valence-corrected chi connectivity index (χ3v) is 13.4. The van der Waals surface area contributed by atoms with Crippen LogP contribution in [0.1, 0.15) is 22.3 Å². The number of rotatable bonds is 6. The van der Waals surface area contributed by atoms with Gasteiger partial charge in [-0.15, -0.1) is 0 Å². The monoisotopic (exact) mass is 817 g/mol. The Morgan fingerprint density at radius 2 is 0.703 bits per heavy atom. The van der Waals surface area contributed by atoms with Gasteiger partial charge in [-0.3, -0.25) is 0 Å². The molecule has 3 aliphatic rings. The Kier molecular flexibility index (Phi) is 8.13. The molecule has 0 atom stereocenters. The van der Waals surface area contributed by atoms with E-state index in [-0.39, 0.29) is 0 Å². The molecule has 2 aliphatic carbocycles. The van der Waals surface area contributed by atoms with Crippen LogP contribution in [0.25, 0.3) is 55.6 Å². The van der Waals surface area contributed by atoms with Crippen LogP contribution in [-0.2, 0) is 5.41 Å². The molecule has 1 spiro atoms. The number of nitrogens with zero attached hydrogens (tertiary/aromatic N) is 1. The van der Waals surface area contributed by atoms with Crippen LogP contribution in [0.2, 0.25) is 0 Å². The topological polar surface area (TPSA) is 21.7 Å². The first kappa shape index (κ1) is 36.3. The summed E-state index contributed by atoms with van der Waals surface area (Å²) in [5.74, 6) is 2.82. The molecule has 10 aromatic carbocycles. The molecule has 0 saturated carbocycles. The minimum atomic E-state index is -0.554. The quantitative estimate of drug-likeness (QED) is 0.167. The Balaban J connectivity index is 0.921. The first-order valence-electron chi connectivity index (χ1n) is 21.9. The molecule has 0 bridgehead atoms. The standard InChI is InChI=1S/C61H39NO2/c1-3-15-40(16-4-1)41-27-31-44(32-28-41)62(45-33-29-43(30-34-45)48-20-8-7-19-47(48)42-17-5-2-6-18-42)46-35-37-56-58(39-46)63-57-38-36-52-51-23-11-14-26-55(51)61(59(52)60(57)64-56)53-24-12-9-21-49(53)50-22-10-13-25-54(50)61/h1-39H. The number of hydrogen-bond acceptors (Lipinski definition) is 3. The van der Waals surface area contributed by atoms with Crippen LogP contribution >= 0.6 is 0 Å². The highest BCUT2D eigenvalue weighted by atomic mass is 16.6. The van der Waals surface area contributed by atoms with Crippen molar-refractivity contribution in [2.75, 3.05) is 4.90 Å². The molecule has 64 heavy (non-hydrogen) atoms. The Bertz CT molecular complexity index is 3370. The van der Waals surface area contributed by atoms with Crippen molar-refractivity contribution in [2.45, 2.75) is 5.41 Å². The molecule has 10 aromatic rings. The molecule has 0 N–H and O–H groups in total. The zero-order chi connectivity index (χ0) is 42.2. The van der Waals surface area contributed by atoms with Crippen molar-refractivity contribution in [1.29, 1.82) is 0 Å². The van der Waals surface area contributed by atoms with Crippen molar-refractivity contribution in [3.05, 3.63) is 259 Å². The predicted molar refractivity (Wildman–Crippen MR) is 260 cm³/mol. The van der Waals surface area contributed by atoms with Crippen molar-refractivity contribution in [1.82, 2.24) is 0 Å². The maximum Gasteiger partial charge on any atom is 0.175 e. The first-order chi connectivity index (χ1) is 31.7. The van der Waals surface area contributed by atoms with Crippen LogP contribution in [-0.4, -0.2) is 0 Å². The smallest absolute Gasteiger partial charge is 0.175 e. The van der Waals surface area contributed by atoms with E-state index in [9.17, 15) is 0 Å². The lowest BCUT2D eigenvalue weighted by molar-refractivity contribution is 0.355. The fraction of sp³-hybridized carbons (Fsp3) is 0.0164. The Morgan fingerprint density at radius 1 is 0.281 bits per heavy atom. The Labute approximate surface area is 372 Å². The summed E-state index contributed by atoms with van der Waals surface area (Å²) < 4.78 is 14.1. The molecular weight excluding hydrogens is 779 g/mol. The third-order valence-electron chi connectivity index (χ3n) is 13.4. The van der Waals surface area contributed by atoms with Gasteiger partial charge in [0.25, 0.3) is 0 Å². The van der Waals surface area contributed by atoms with E-state index in [0.717, 1.165) is 39.5 Å². The van der Waals surface area contributed by atoms with Crippen molar-refractivity contribution < 1.29 is 9.47 Å². The second-order valence-corrected chi connectivity index (χ2v) is 16.7. The molecule has 0 unspecified atom stereocenters. The van der Waals surface area contributed by atoms with Crippen LogP contribution in [0.15, 0.2) is 237 Å². The highest BCUT2D eigenvalue weighted by Gasteiger charge is 2.54. The zero-order valence-corrected chi connectivity index (χ0v) is 34.8. The molecule has 1 heterocycles. The van der Waals surface area contributed by atoms with Crippen LogP contribution in [0.5, 0.6) is 23.0 Å². The van der Waals surface area contributed by atoms with Crippen LogP contribution in [0, 0.1) is 0 Å². The van der Waals surface area contributed by atoms with Gasteiger partial charge in [0, 0.05) is 23.0 Å². The van der Waals surface area contributed by atoms with Crippen molar-refractivity contribution >= 4 is 17.1 Å². The molecule has 1 aliphatic heterocycles. The van der Waals surface area contributed by atoms with E-state index in [1.54, 1.807) is 0 Å². The SMILES string of the molecule is c1ccc(-c2ccc(N(c3ccc(-c4ccccc4-c4ccccc4)cc3)c3ccc4c(c3)Oc3ccc5c(c3O4)C3(c4ccccc4-c4ccccc43)c3ccccc3-5)cc2)cc1. The van der Waals surface area contributed by atoms with Gasteiger partial charge in [0.05, 0.1) is 11.1 Å². The van der Waals surface area contributed by atoms with Gasteiger partial charge in [0.1, 0.15) is 0 Å². The maximum absolute atomic E-state index is 7.15. The molecule has 13 rings (SSSR count). The average molecular weight is 818 g/mol. The van der Waals surface area contributed by atoms with Gasteiger partial charge in [-0.2, -0.15) is 0 Å². The molecule has 0 aromatic heterocycles. The van der Waals surface area contributed by atoms with Gasteiger partial charge >= 0.3 is 0 Å². The van der Waals surface area contributed by atoms with Gasteiger partial charge < -0.3 is 14.4 Å². The normalized spacial score (nSPS) is 13.1. The van der Waals surface area contributed by atoms with Crippen molar-refractivity contribution in [3.8, 4) is 78.6 Å². The van der Waals surface area contributed by atoms with Crippen molar-refractivity contribution in [3.63, 3.8) is 0 Å². The van der Waals surface area contributed by atoms with E-state index < -0.39 is 5.41 Å². The first-order valence-corrected chi connectivity index (χ1v) is 21.9. The summed E-state index contributed by atoms with van der Waals surface area (Å²) in [4.78, 5) is 2.29. The second-order valence-electron chi connectivity index (χ2n) is 16.7. The molecule has 0 radical (unpaired) electrons. The summed E-state index contributed by atoms with van der Waals surface area (Å²) in [6.45, 7) is 0. The summed E-state index contributed by atoms with van der Waals surface area (Å²) in [6.07, 6.45) is 0. The fourth-order valence-corrected chi connectivity index (χ4v) is 10.6. The Morgan fingerprint density at radius 3 is 1.28 bits per heavy atom. The van der Waals surface area contributed by atoms with E-state index in [0.29, 0.717) is 17.2 Å². The third kappa shape index (κ3) is 5.41. The van der Waals surface area contributed by atoms with Gasteiger partial charge in [0.15, 0.2) is 23.0 Å². The van der Waals surface area contributed by atoms with E-state index in [1.807, 2.05) is 0 Å². The number of benzene rings is 10. The molecule has 0 fully saturated rings. The summed E-state index contributed by atoms with van der Waals surface area (Å²) in [5, 5.41) is 0. The second kappa shape index (κ2) is 14.3. The van der Waals surface area contributed by atoms with E-state index in [2.05, 4.69) is 241 Å². The molecule has 300 valence electrons. The highest BCUT2D eigenvalue weighted by molar-refractivity contribution is 5.97. The number of fused-ring (bicyclic) bond motifs is 13. The van der Waals surface area contributed by atoms with Gasteiger partial charge in [0.2, 0.25) is 0 Å². The molecule has 3 heteroatoms. The van der Waals surface area contributed by atoms with Gasteiger partial charge in [-0.1, -0.05) is 188 Å².